The van der Waals surface area contributed by atoms with Gasteiger partial charge in [-0.05, 0) is 64.4 Å². The summed E-state index contributed by atoms with van der Waals surface area (Å²) >= 11 is 7.18. The van der Waals surface area contributed by atoms with E-state index in [0.717, 1.165) is 17.8 Å². The van der Waals surface area contributed by atoms with Crippen molar-refractivity contribution in [2.75, 3.05) is 41.8 Å². The van der Waals surface area contributed by atoms with Gasteiger partial charge in [0.2, 0.25) is 5.91 Å². The Morgan fingerprint density at radius 2 is 1.68 bits per heavy atom. The van der Waals surface area contributed by atoms with E-state index in [-0.39, 0.29) is 36.0 Å². The molecule has 12 nitrogen and oxygen atoms in total. The number of rotatable bonds is 7. The van der Waals surface area contributed by atoms with Crippen LogP contribution < -0.4 is 21.1 Å². The lowest BCUT2D eigenvalue weighted by Crippen LogP contribution is -2.53. The van der Waals surface area contributed by atoms with E-state index in [1.165, 1.54) is 11.0 Å². The summed E-state index contributed by atoms with van der Waals surface area (Å²) in [5.41, 5.74) is 3.30. The smallest absolute Gasteiger partial charge is 0.408 e. The minimum Gasteiger partial charge on any atom is -0.444 e. The Hall–Kier alpha value is -3.40. The largest absolute Gasteiger partial charge is 0.444 e. The molecule has 3 N–H and O–H groups in total. The van der Waals surface area contributed by atoms with Crippen LogP contribution in [0.3, 0.4) is 0 Å². The van der Waals surface area contributed by atoms with Crippen LogP contribution in [0.25, 0.3) is 0 Å². The summed E-state index contributed by atoms with van der Waals surface area (Å²) in [5, 5.41) is 3.10. The molecule has 256 valence electrons. The first-order valence-corrected chi connectivity index (χ1v) is 18.1. The number of hydrogen-bond acceptors (Lipinski definition) is 9. The lowest BCUT2D eigenvalue weighted by molar-refractivity contribution is -0.131. The van der Waals surface area contributed by atoms with Gasteiger partial charge >= 0.3 is 6.09 Å². The zero-order valence-electron chi connectivity index (χ0n) is 26.8. The number of benzene rings is 2. The van der Waals surface area contributed by atoms with E-state index in [1.807, 2.05) is 4.90 Å². The monoisotopic (exact) mass is 711 g/mol. The topological polar surface area (TPSA) is 154 Å². The Labute approximate surface area is 283 Å². The fourth-order valence-electron chi connectivity index (χ4n) is 4.97. The lowest BCUT2D eigenvalue weighted by Gasteiger charge is -2.33. The van der Waals surface area contributed by atoms with Crippen molar-refractivity contribution >= 4 is 62.7 Å². The number of hydrogen-bond donors (Lipinski definition) is 3. The van der Waals surface area contributed by atoms with E-state index in [1.54, 1.807) is 58.9 Å². The van der Waals surface area contributed by atoms with Crippen molar-refractivity contribution in [3.63, 3.8) is 0 Å². The van der Waals surface area contributed by atoms with Crippen LogP contribution in [-0.2, 0) is 30.7 Å². The Kier molecular flexibility index (Phi) is 11.1. The van der Waals surface area contributed by atoms with E-state index in [2.05, 4.69) is 16.2 Å². The van der Waals surface area contributed by atoms with Crippen LogP contribution >= 0.6 is 23.4 Å². The van der Waals surface area contributed by atoms with Crippen LogP contribution in [0.2, 0.25) is 5.02 Å². The first-order chi connectivity index (χ1) is 21.8. The third-order valence-electron chi connectivity index (χ3n) is 7.46. The molecule has 0 spiro atoms. The number of fused-ring (bicyclic) bond motifs is 1. The summed E-state index contributed by atoms with van der Waals surface area (Å²) < 4.78 is 44.3. The highest BCUT2D eigenvalue weighted by Crippen LogP contribution is 2.37. The van der Waals surface area contributed by atoms with Gasteiger partial charge in [0.1, 0.15) is 17.5 Å². The maximum absolute atomic E-state index is 15.4. The van der Waals surface area contributed by atoms with E-state index < -0.39 is 62.1 Å². The molecule has 2 aliphatic rings. The molecule has 0 saturated carbocycles. The van der Waals surface area contributed by atoms with Gasteiger partial charge in [-0.15, -0.1) is 11.8 Å². The van der Waals surface area contributed by atoms with Crippen LogP contribution in [0.4, 0.5) is 14.9 Å². The third-order valence-corrected chi connectivity index (χ3v) is 10.5. The Morgan fingerprint density at radius 1 is 1.04 bits per heavy atom. The van der Waals surface area contributed by atoms with Crippen molar-refractivity contribution in [2.45, 2.75) is 57.7 Å². The van der Waals surface area contributed by atoms with Gasteiger partial charge in [0.15, 0.2) is 9.84 Å². The molecule has 0 aliphatic carbocycles. The van der Waals surface area contributed by atoms with Gasteiger partial charge in [0.05, 0.1) is 34.7 Å². The van der Waals surface area contributed by atoms with E-state index in [9.17, 15) is 27.6 Å². The first kappa shape index (κ1) is 36.4. The molecule has 2 aliphatic heterocycles. The number of ether oxygens (including phenoxy) is 1. The molecule has 2 aromatic rings. The summed E-state index contributed by atoms with van der Waals surface area (Å²) in [6, 6.07) is 8.11. The number of nitrogens with zero attached hydrogens (tertiary/aromatic N) is 2. The maximum Gasteiger partial charge on any atom is 0.408 e. The lowest BCUT2D eigenvalue weighted by atomic mass is 9.92. The number of anilines is 1. The molecule has 0 bridgehead atoms. The number of hydrazine groups is 1. The molecular formula is C31H39ClFN5O7S2. The second-order valence-electron chi connectivity index (χ2n) is 13.1. The molecule has 16 heteroatoms. The van der Waals surface area contributed by atoms with Crippen molar-refractivity contribution in [3.8, 4) is 0 Å². The quantitative estimate of drug-likeness (QED) is 0.366. The Balaban J connectivity index is 1.54. The predicted molar refractivity (Wildman–Crippen MR) is 177 cm³/mol. The summed E-state index contributed by atoms with van der Waals surface area (Å²) in [5.74, 6) is -2.80. The van der Waals surface area contributed by atoms with E-state index >= 15 is 4.39 Å². The predicted octanol–water partition coefficient (Wildman–Crippen LogP) is 3.53. The number of alkyl carbamates (subject to hydrolysis) is 1. The highest BCUT2D eigenvalue weighted by molar-refractivity contribution is 7.99. The fraction of sp³-hybridized carbons (Fsp3) is 0.484. The van der Waals surface area contributed by atoms with Gasteiger partial charge in [0, 0.05) is 35.3 Å². The van der Waals surface area contributed by atoms with Crippen LogP contribution in [0, 0.1) is 11.2 Å². The molecule has 4 rings (SSSR count). The molecule has 1 atom stereocenters. The standard InChI is InChI=1S/C31H39ClFN5O7S2/c1-30(2,3)45-29(42)34-23-17-46-25-15-22(33)21(14-24(25)38(27(23)40)16-19-6-8-20(32)9-7-19)26(39)35-36-28(41)31(4,5)18-37-10-12-47(43,44)13-11-37/h6-9,14-15,23H,10-13,16-18H2,1-5H3,(H,34,42)(H,35,39)(H,36,41)/t23-/m0/s1. The zero-order valence-corrected chi connectivity index (χ0v) is 29.2. The highest BCUT2D eigenvalue weighted by Gasteiger charge is 2.36. The molecule has 1 saturated heterocycles. The van der Waals surface area contributed by atoms with Gasteiger partial charge in [0.25, 0.3) is 11.8 Å². The molecule has 2 aromatic carbocycles. The van der Waals surface area contributed by atoms with Crippen LogP contribution in [0.1, 0.15) is 50.5 Å². The summed E-state index contributed by atoms with van der Waals surface area (Å²) in [6.07, 6.45) is -0.788. The van der Waals surface area contributed by atoms with Crippen molar-refractivity contribution in [1.82, 2.24) is 21.1 Å². The van der Waals surface area contributed by atoms with Gasteiger partial charge in [-0.2, -0.15) is 0 Å². The fourth-order valence-corrected chi connectivity index (χ4v) is 7.45. The number of carbonyl (C=O) groups is 4. The minimum absolute atomic E-state index is 0.00662. The van der Waals surface area contributed by atoms with Crippen LogP contribution in [-0.4, -0.2) is 85.7 Å². The van der Waals surface area contributed by atoms with Gasteiger partial charge in [-0.25, -0.2) is 17.6 Å². The molecular weight excluding hydrogens is 673 g/mol. The Bertz CT molecular complexity index is 1630. The van der Waals surface area contributed by atoms with Crippen molar-refractivity contribution < 1.29 is 36.7 Å². The van der Waals surface area contributed by atoms with Crippen molar-refractivity contribution in [1.29, 1.82) is 0 Å². The minimum atomic E-state index is -3.09. The number of amides is 4. The number of thioether (sulfide) groups is 1. The molecule has 0 aromatic heterocycles. The van der Waals surface area contributed by atoms with Gasteiger partial charge < -0.3 is 19.9 Å². The molecule has 0 unspecified atom stereocenters. The normalized spacial score (nSPS) is 18.5. The summed E-state index contributed by atoms with van der Waals surface area (Å²) in [4.78, 5) is 56.3. The van der Waals surface area contributed by atoms with E-state index in [0.29, 0.717) is 28.6 Å². The average molecular weight is 712 g/mol. The molecule has 47 heavy (non-hydrogen) atoms. The molecule has 4 amide bonds. The maximum atomic E-state index is 15.4. The summed E-state index contributed by atoms with van der Waals surface area (Å²) in [6.45, 7) is 9.25. The first-order valence-electron chi connectivity index (χ1n) is 14.9. The van der Waals surface area contributed by atoms with Gasteiger partial charge in [-0.1, -0.05) is 23.7 Å². The second kappa shape index (κ2) is 14.4. The summed E-state index contributed by atoms with van der Waals surface area (Å²) in [7, 11) is -3.09. The number of nitrogens with one attached hydrogen (secondary N) is 3. The molecule has 1 fully saturated rings. The van der Waals surface area contributed by atoms with Gasteiger partial charge in [-0.3, -0.25) is 25.2 Å². The number of carbonyl (C=O) groups excluding carboxylic acids is 4. The third kappa shape index (κ3) is 9.81. The molecule has 0 radical (unpaired) electrons. The number of halogens is 2. The van der Waals surface area contributed by atoms with Crippen molar-refractivity contribution in [2.24, 2.45) is 5.41 Å². The van der Waals surface area contributed by atoms with E-state index in [4.69, 9.17) is 16.3 Å². The zero-order chi connectivity index (χ0) is 34.7. The van der Waals surface area contributed by atoms with Crippen molar-refractivity contribution in [3.05, 3.63) is 58.4 Å². The van der Waals surface area contributed by atoms with Crippen LogP contribution in [0.15, 0.2) is 41.3 Å². The Morgan fingerprint density at radius 3 is 2.30 bits per heavy atom. The number of sulfone groups is 1. The molecule has 2 heterocycles. The second-order valence-corrected chi connectivity index (χ2v) is 16.9. The highest BCUT2D eigenvalue weighted by atomic mass is 35.5. The SMILES string of the molecule is CC(C)(C)OC(=O)N[C@H]1CSc2cc(F)c(C(=O)NNC(=O)C(C)(C)CN3CCS(=O)(=O)CC3)cc2N(Cc2ccc(Cl)cc2)C1=O. The average Bonchev–Trinajstić information content (AvgIpc) is 3.08. The van der Waals surface area contributed by atoms with Crippen LogP contribution in [0.5, 0.6) is 0 Å².